The summed E-state index contributed by atoms with van der Waals surface area (Å²) in [6.07, 6.45) is -4.47. The largest absolute Gasteiger partial charge is 0.463 e. The molecule has 40 heavy (non-hydrogen) atoms. The second kappa shape index (κ2) is 11.7. The van der Waals surface area contributed by atoms with Gasteiger partial charge in [0.1, 0.15) is 0 Å². The maximum absolute atomic E-state index is 13.2. The van der Waals surface area contributed by atoms with E-state index >= 15 is 0 Å². The number of hydrogen-bond donors (Lipinski definition) is 1. The quantitative estimate of drug-likeness (QED) is 0.533. The lowest BCUT2D eigenvalue weighted by Gasteiger charge is -2.42. The third-order valence-corrected chi connectivity index (χ3v) is 7.38. The molecule has 2 aromatic carbocycles. The van der Waals surface area contributed by atoms with E-state index in [9.17, 15) is 27.6 Å². The summed E-state index contributed by atoms with van der Waals surface area (Å²) in [6.45, 7) is 7.17. The number of benzene rings is 2. The Kier molecular flexibility index (Phi) is 8.53. The van der Waals surface area contributed by atoms with Crippen molar-refractivity contribution in [1.82, 2.24) is 20.0 Å². The van der Waals surface area contributed by atoms with Crippen molar-refractivity contribution in [2.24, 2.45) is 0 Å². The van der Waals surface area contributed by atoms with Crippen LogP contribution in [-0.2, 0) is 15.7 Å². The molecule has 3 amide bonds. The molecule has 2 heterocycles. The molecule has 0 aromatic heterocycles. The Bertz CT molecular complexity index is 1310. The second-order valence-corrected chi connectivity index (χ2v) is 10.0. The van der Waals surface area contributed by atoms with E-state index in [1.165, 1.54) is 17.0 Å². The van der Waals surface area contributed by atoms with Crippen molar-refractivity contribution in [3.8, 4) is 0 Å². The van der Waals surface area contributed by atoms with Gasteiger partial charge in [0.2, 0.25) is 0 Å². The van der Waals surface area contributed by atoms with Crippen LogP contribution in [0.1, 0.15) is 46.9 Å². The van der Waals surface area contributed by atoms with Crippen molar-refractivity contribution >= 4 is 17.9 Å². The molecule has 1 fully saturated rings. The fourth-order valence-electron chi connectivity index (χ4n) is 5.20. The summed E-state index contributed by atoms with van der Waals surface area (Å²) in [5.41, 5.74) is 1.97. The van der Waals surface area contributed by atoms with Crippen LogP contribution in [0.25, 0.3) is 0 Å². The molecule has 0 spiro atoms. The maximum Gasteiger partial charge on any atom is 0.416 e. The lowest BCUT2D eigenvalue weighted by atomic mass is 9.91. The van der Waals surface area contributed by atoms with Gasteiger partial charge in [0.25, 0.3) is 5.91 Å². The van der Waals surface area contributed by atoms with Gasteiger partial charge in [0, 0.05) is 50.5 Å². The zero-order chi connectivity index (χ0) is 29.2. The summed E-state index contributed by atoms with van der Waals surface area (Å²) in [5.74, 6) is -0.858. The van der Waals surface area contributed by atoms with Crippen LogP contribution < -0.4 is 5.32 Å². The van der Waals surface area contributed by atoms with Crippen LogP contribution in [0.2, 0.25) is 0 Å². The number of hydrogen-bond acceptors (Lipinski definition) is 5. The number of carbonyl (C=O) groups is 3. The van der Waals surface area contributed by atoms with Gasteiger partial charge in [-0.1, -0.05) is 24.3 Å². The Balaban J connectivity index is 1.57. The summed E-state index contributed by atoms with van der Waals surface area (Å²) in [7, 11) is 1.60. The number of urea groups is 1. The van der Waals surface area contributed by atoms with Gasteiger partial charge in [-0.2, -0.15) is 13.2 Å². The van der Waals surface area contributed by atoms with Crippen molar-refractivity contribution in [2.75, 3.05) is 39.8 Å². The number of halogens is 3. The fourth-order valence-corrected chi connectivity index (χ4v) is 5.20. The van der Waals surface area contributed by atoms with E-state index in [4.69, 9.17) is 4.74 Å². The molecule has 0 bridgehead atoms. The number of likely N-dealkylation sites (N-methyl/N-ethyl adjacent to an activating group) is 1. The molecule has 0 aliphatic carbocycles. The minimum atomic E-state index is -4.47. The molecule has 8 nitrogen and oxygen atoms in total. The summed E-state index contributed by atoms with van der Waals surface area (Å²) in [4.78, 5) is 44.5. The number of nitrogens with one attached hydrogen (secondary N) is 1. The average molecular weight is 559 g/mol. The van der Waals surface area contributed by atoms with Gasteiger partial charge in [-0.25, -0.2) is 9.59 Å². The molecule has 1 N–H and O–H groups in total. The average Bonchev–Trinajstić information content (AvgIpc) is 2.91. The number of amides is 3. The lowest BCUT2D eigenvalue weighted by molar-refractivity contribution is -0.139. The molecule has 4 rings (SSSR count). The van der Waals surface area contributed by atoms with Crippen molar-refractivity contribution in [3.63, 3.8) is 0 Å². The molecule has 2 aliphatic rings. The Morgan fingerprint density at radius 2 is 1.75 bits per heavy atom. The molecule has 2 aliphatic heterocycles. The van der Waals surface area contributed by atoms with Crippen molar-refractivity contribution in [3.05, 3.63) is 82.1 Å². The number of esters is 1. The molecule has 0 saturated carbocycles. The van der Waals surface area contributed by atoms with E-state index in [1.807, 2.05) is 38.1 Å². The van der Waals surface area contributed by atoms with Gasteiger partial charge in [0.15, 0.2) is 0 Å². The number of carbonyl (C=O) groups excluding carboxylic acids is 3. The first-order valence-electron chi connectivity index (χ1n) is 13.1. The van der Waals surface area contributed by atoms with Gasteiger partial charge in [-0.15, -0.1) is 0 Å². The van der Waals surface area contributed by atoms with E-state index in [2.05, 4.69) is 10.2 Å². The predicted octanol–water partition coefficient (Wildman–Crippen LogP) is 4.37. The minimum Gasteiger partial charge on any atom is -0.463 e. The normalized spacial score (nSPS) is 20.4. The minimum absolute atomic E-state index is 0.176. The Hall–Kier alpha value is -3.86. The standard InChI is InChI=1S/C29H33F3N4O4/c1-5-40-27(38)24-23(34(4)28(39)33-25(24)22-9-7-6-8-18(22)2)17-35-14-15-36(19(3)16-35)26(37)20-10-12-21(13-11-20)29(30,31)32/h6-13,19,25H,5,14-17H2,1-4H3,(H,33,39). The van der Waals surface area contributed by atoms with Crippen molar-refractivity contribution in [1.29, 1.82) is 0 Å². The number of rotatable bonds is 6. The zero-order valence-electron chi connectivity index (χ0n) is 22.9. The molecular formula is C29H33F3N4O4. The molecule has 1 saturated heterocycles. The first-order valence-corrected chi connectivity index (χ1v) is 13.1. The van der Waals surface area contributed by atoms with Crippen molar-refractivity contribution < 1.29 is 32.3 Å². The Morgan fingerprint density at radius 3 is 2.35 bits per heavy atom. The van der Waals surface area contributed by atoms with Gasteiger partial charge >= 0.3 is 18.2 Å². The maximum atomic E-state index is 13.2. The number of ether oxygens (including phenoxy) is 1. The van der Waals surface area contributed by atoms with Crippen LogP contribution >= 0.6 is 0 Å². The van der Waals surface area contributed by atoms with Crippen LogP contribution in [-0.4, -0.2) is 78.5 Å². The summed E-state index contributed by atoms with van der Waals surface area (Å²) >= 11 is 0. The first-order chi connectivity index (χ1) is 18.9. The number of alkyl halides is 3. The molecule has 0 radical (unpaired) electrons. The van der Waals surface area contributed by atoms with E-state index in [0.29, 0.717) is 30.9 Å². The lowest BCUT2D eigenvalue weighted by Crippen LogP contribution is -2.56. The van der Waals surface area contributed by atoms with E-state index in [1.54, 1.807) is 18.9 Å². The summed E-state index contributed by atoms with van der Waals surface area (Å²) in [5, 5.41) is 2.93. The van der Waals surface area contributed by atoms with Crippen LogP contribution in [0, 0.1) is 6.92 Å². The van der Waals surface area contributed by atoms with Crippen LogP contribution in [0.15, 0.2) is 59.8 Å². The molecule has 2 unspecified atom stereocenters. The van der Waals surface area contributed by atoms with Crippen LogP contribution in [0.5, 0.6) is 0 Å². The van der Waals surface area contributed by atoms with Gasteiger partial charge in [0.05, 0.1) is 23.8 Å². The van der Waals surface area contributed by atoms with Gasteiger partial charge in [-0.05, 0) is 56.2 Å². The van der Waals surface area contributed by atoms with Crippen LogP contribution in [0.3, 0.4) is 0 Å². The fraction of sp³-hybridized carbons (Fsp3) is 0.414. The molecule has 11 heteroatoms. The number of piperazine rings is 1. The third kappa shape index (κ3) is 5.99. The highest BCUT2D eigenvalue weighted by atomic mass is 19.4. The molecular weight excluding hydrogens is 525 g/mol. The topological polar surface area (TPSA) is 82.2 Å². The predicted molar refractivity (Wildman–Crippen MR) is 142 cm³/mol. The third-order valence-electron chi connectivity index (χ3n) is 7.38. The van der Waals surface area contributed by atoms with E-state index < -0.39 is 23.8 Å². The number of aryl methyl sites for hydroxylation is 1. The molecule has 2 aromatic rings. The highest BCUT2D eigenvalue weighted by Crippen LogP contribution is 2.33. The highest BCUT2D eigenvalue weighted by Gasteiger charge is 2.39. The van der Waals surface area contributed by atoms with Crippen molar-refractivity contribution in [2.45, 2.75) is 39.0 Å². The molecule has 2 atom stereocenters. The molecule has 214 valence electrons. The Labute approximate surface area is 231 Å². The smallest absolute Gasteiger partial charge is 0.416 e. The highest BCUT2D eigenvalue weighted by molar-refractivity contribution is 5.95. The summed E-state index contributed by atoms with van der Waals surface area (Å²) < 4.78 is 44.2. The zero-order valence-corrected chi connectivity index (χ0v) is 22.9. The SMILES string of the molecule is CCOC(=O)C1=C(CN2CCN(C(=O)c3ccc(C(F)(F)F)cc3)C(C)C2)N(C)C(=O)NC1c1ccccc1C. The van der Waals surface area contributed by atoms with Gasteiger partial charge < -0.3 is 15.0 Å². The monoisotopic (exact) mass is 558 g/mol. The number of nitrogens with zero attached hydrogens (tertiary/aromatic N) is 3. The summed E-state index contributed by atoms with van der Waals surface area (Å²) in [6, 6.07) is 10.4. The van der Waals surface area contributed by atoms with E-state index in [-0.39, 0.29) is 36.7 Å². The van der Waals surface area contributed by atoms with Gasteiger partial charge in [-0.3, -0.25) is 14.6 Å². The first kappa shape index (κ1) is 29.1. The van der Waals surface area contributed by atoms with Crippen LogP contribution in [0.4, 0.5) is 18.0 Å². The second-order valence-electron chi connectivity index (χ2n) is 10.0. The Morgan fingerprint density at radius 1 is 1.07 bits per heavy atom. The van der Waals surface area contributed by atoms with E-state index in [0.717, 1.165) is 23.3 Å².